The van der Waals surface area contributed by atoms with E-state index in [9.17, 15) is 18.0 Å². The number of carbonyl (C=O) groups is 1. The van der Waals surface area contributed by atoms with Crippen LogP contribution in [0.5, 0.6) is 0 Å². The number of hydrogen-bond donors (Lipinski definition) is 0. The summed E-state index contributed by atoms with van der Waals surface area (Å²) in [5.41, 5.74) is -0.384. The summed E-state index contributed by atoms with van der Waals surface area (Å²) in [6.45, 7) is 2.39. The maximum absolute atomic E-state index is 12.7. The highest BCUT2D eigenvalue weighted by Gasteiger charge is 2.25. The molecule has 1 aromatic heterocycles. The van der Waals surface area contributed by atoms with E-state index in [-0.39, 0.29) is 28.9 Å². The van der Waals surface area contributed by atoms with Crippen LogP contribution < -0.4 is 5.56 Å². The second kappa shape index (κ2) is 8.14. The van der Waals surface area contributed by atoms with Gasteiger partial charge in [-0.25, -0.2) is 12.7 Å². The average molecular weight is 369 g/mol. The van der Waals surface area contributed by atoms with Crippen LogP contribution in [0.15, 0.2) is 28.0 Å². The number of rotatable bonds is 6. The molecule has 0 spiro atoms. The van der Waals surface area contributed by atoms with Gasteiger partial charge in [0, 0.05) is 38.9 Å². The van der Waals surface area contributed by atoms with Crippen molar-refractivity contribution in [3.63, 3.8) is 0 Å². The van der Waals surface area contributed by atoms with Crippen LogP contribution in [0.1, 0.15) is 39.0 Å². The van der Waals surface area contributed by atoms with E-state index in [2.05, 4.69) is 0 Å². The van der Waals surface area contributed by atoms with Crippen LogP contribution in [-0.2, 0) is 21.4 Å². The Morgan fingerprint density at radius 1 is 1.20 bits per heavy atom. The largest absolute Gasteiger partial charge is 0.338 e. The first kappa shape index (κ1) is 19.7. The molecule has 1 aromatic rings. The summed E-state index contributed by atoms with van der Waals surface area (Å²) in [4.78, 5) is 26.6. The highest BCUT2D eigenvalue weighted by Crippen LogP contribution is 2.22. The quantitative estimate of drug-likeness (QED) is 0.757. The Kier molecular flexibility index (Phi) is 6.40. The lowest BCUT2D eigenvalue weighted by atomic mass is 9.94. The van der Waals surface area contributed by atoms with Crippen molar-refractivity contribution >= 4 is 15.9 Å². The van der Waals surface area contributed by atoms with Gasteiger partial charge in [-0.05, 0) is 25.8 Å². The van der Waals surface area contributed by atoms with Gasteiger partial charge in [0.15, 0.2) is 0 Å². The average Bonchev–Trinajstić information content (AvgIpc) is 2.58. The summed E-state index contributed by atoms with van der Waals surface area (Å²) in [6.07, 6.45) is 6.67. The van der Waals surface area contributed by atoms with Crippen molar-refractivity contribution < 1.29 is 13.2 Å². The highest BCUT2D eigenvalue weighted by molar-refractivity contribution is 7.89. The van der Waals surface area contributed by atoms with Crippen LogP contribution in [0.3, 0.4) is 0 Å². The summed E-state index contributed by atoms with van der Waals surface area (Å²) < 4.78 is 26.7. The van der Waals surface area contributed by atoms with Gasteiger partial charge in [-0.15, -0.1) is 0 Å². The number of pyridine rings is 1. The van der Waals surface area contributed by atoms with Gasteiger partial charge in [-0.3, -0.25) is 9.59 Å². The fourth-order valence-corrected chi connectivity index (χ4v) is 4.19. The number of amides is 1. The molecule has 0 aromatic carbocycles. The molecular formula is C17H27N3O4S. The third kappa shape index (κ3) is 4.49. The van der Waals surface area contributed by atoms with E-state index in [1.54, 1.807) is 0 Å². The van der Waals surface area contributed by atoms with Crippen molar-refractivity contribution in [3.05, 3.63) is 28.7 Å². The zero-order chi connectivity index (χ0) is 18.6. The van der Waals surface area contributed by atoms with E-state index in [1.807, 2.05) is 11.8 Å². The number of aromatic nitrogens is 1. The molecule has 140 valence electrons. The first-order valence-electron chi connectivity index (χ1n) is 8.70. The second-order valence-corrected chi connectivity index (χ2v) is 8.74. The lowest BCUT2D eigenvalue weighted by molar-refractivity contribution is -0.134. The Labute approximate surface area is 149 Å². The van der Waals surface area contributed by atoms with Gasteiger partial charge in [-0.2, -0.15) is 0 Å². The van der Waals surface area contributed by atoms with E-state index >= 15 is 0 Å². The van der Waals surface area contributed by atoms with Gasteiger partial charge >= 0.3 is 0 Å². The molecule has 0 radical (unpaired) electrons. The molecule has 1 heterocycles. The molecule has 2 rings (SSSR count). The van der Waals surface area contributed by atoms with Gasteiger partial charge in [0.1, 0.15) is 6.54 Å². The summed E-state index contributed by atoms with van der Waals surface area (Å²) in [5.74, 6) is -0.143. The molecule has 0 saturated heterocycles. The maximum atomic E-state index is 12.7. The smallest absolute Gasteiger partial charge is 0.251 e. The molecule has 8 heteroatoms. The van der Waals surface area contributed by atoms with Gasteiger partial charge < -0.3 is 9.47 Å². The van der Waals surface area contributed by atoms with Gasteiger partial charge in [0.25, 0.3) is 5.56 Å². The second-order valence-electron chi connectivity index (χ2n) is 6.59. The van der Waals surface area contributed by atoms with Crippen molar-refractivity contribution in [1.82, 2.24) is 13.8 Å². The number of carbonyl (C=O) groups excluding carboxylic acids is 1. The molecule has 0 N–H and O–H groups in total. The minimum Gasteiger partial charge on any atom is -0.338 e. The maximum Gasteiger partial charge on any atom is 0.251 e. The number of sulfonamides is 1. The molecule has 0 atom stereocenters. The van der Waals surface area contributed by atoms with Crippen LogP contribution >= 0.6 is 0 Å². The van der Waals surface area contributed by atoms with Crippen molar-refractivity contribution in [2.45, 2.75) is 56.5 Å². The molecular weight excluding hydrogens is 342 g/mol. The van der Waals surface area contributed by atoms with E-state index in [1.165, 1.54) is 43.4 Å². The Morgan fingerprint density at radius 2 is 1.84 bits per heavy atom. The van der Waals surface area contributed by atoms with Crippen LogP contribution in [-0.4, -0.2) is 54.8 Å². The van der Waals surface area contributed by atoms with Gasteiger partial charge in [0.05, 0.1) is 4.90 Å². The molecule has 1 fully saturated rings. The van der Waals surface area contributed by atoms with Crippen molar-refractivity contribution in [2.24, 2.45) is 0 Å². The highest BCUT2D eigenvalue weighted by atomic mass is 32.2. The summed E-state index contributed by atoms with van der Waals surface area (Å²) >= 11 is 0. The first-order valence-corrected chi connectivity index (χ1v) is 10.1. The molecule has 1 aliphatic rings. The van der Waals surface area contributed by atoms with E-state index in [0.717, 1.165) is 30.0 Å². The summed E-state index contributed by atoms with van der Waals surface area (Å²) in [5, 5.41) is 0. The zero-order valence-corrected chi connectivity index (χ0v) is 16.0. The predicted octanol–water partition coefficient (Wildman–Crippen LogP) is 1.28. The number of nitrogens with zero attached hydrogens (tertiary/aromatic N) is 3. The van der Waals surface area contributed by atoms with Crippen molar-refractivity contribution in [3.8, 4) is 0 Å². The number of hydrogen-bond acceptors (Lipinski definition) is 4. The number of likely N-dealkylation sites (N-methyl/N-ethyl adjacent to an activating group) is 1. The fraction of sp³-hybridized carbons (Fsp3) is 0.647. The third-order valence-corrected chi connectivity index (χ3v) is 6.52. The predicted molar refractivity (Wildman–Crippen MR) is 95.8 cm³/mol. The lowest BCUT2D eigenvalue weighted by Gasteiger charge is -2.33. The summed E-state index contributed by atoms with van der Waals surface area (Å²) in [7, 11) is -0.793. The zero-order valence-electron chi connectivity index (χ0n) is 15.1. The first-order chi connectivity index (χ1) is 11.8. The standard InChI is InChI=1S/C17H27N3O4S/c1-4-20(14-8-6-5-7-9-14)17(22)13-19-12-15(10-11-16(19)21)25(23,24)18(2)3/h10-12,14H,4-9,13H2,1-3H3. The lowest BCUT2D eigenvalue weighted by Crippen LogP contribution is -2.44. The monoisotopic (exact) mass is 369 g/mol. The molecule has 1 saturated carbocycles. The molecule has 1 aliphatic carbocycles. The van der Waals surface area contributed by atoms with Gasteiger partial charge in [0.2, 0.25) is 15.9 Å². The SMILES string of the molecule is CCN(C(=O)Cn1cc(S(=O)(=O)N(C)C)ccc1=O)C1CCCCC1. The minimum atomic E-state index is -3.65. The van der Waals surface area contributed by atoms with Gasteiger partial charge in [-0.1, -0.05) is 19.3 Å². The van der Waals surface area contributed by atoms with Crippen LogP contribution in [0, 0.1) is 0 Å². The third-order valence-electron chi connectivity index (χ3n) is 4.72. The normalized spacial score (nSPS) is 16.2. The Hall–Kier alpha value is -1.67. The van der Waals surface area contributed by atoms with Crippen LogP contribution in [0.25, 0.3) is 0 Å². The Balaban J connectivity index is 2.23. The topological polar surface area (TPSA) is 79.7 Å². The molecule has 7 nitrogen and oxygen atoms in total. The minimum absolute atomic E-state index is 0.00520. The van der Waals surface area contributed by atoms with E-state index in [4.69, 9.17) is 0 Å². The van der Waals surface area contributed by atoms with E-state index in [0.29, 0.717) is 6.54 Å². The van der Waals surface area contributed by atoms with Crippen molar-refractivity contribution in [1.29, 1.82) is 0 Å². The fourth-order valence-electron chi connectivity index (χ4n) is 3.26. The van der Waals surface area contributed by atoms with Crippen LogP contribution in [0.2, 0.25) is 0 Å². The summed E-state index contributed by atoms with van der Waals surface area (Å²) in [6, 6.07) is 2.69. The van der Waals surface area contributed by atoms with E-state index < -0.39 is 10.0 Å². The van der Waals surface area contributed by atoms with Crippen molar-refractivity contribution in [2.75, 3.05) is 20.6 Å². The molecule has 0 unspecified atom stereocenters. The molecule has 25 heavy (non-hydrogen) atoms. The van der Waals surface area contributed by atoms with Crippen LogP contribution in [0.4, 0.5) is 0 Å². The Morgan fingerprint density at radius 3 is 2.40 bits per heavy atom. The Bertz CT molecular complexity index is 764. The molecule has 0 aliphatic heterocycles. The molecule has 1 amide bonds. The molecule has 0 bridgehead atoms.